The van der Waals surface area contributed by atoms with E-state index < -0.39 is 10.0 Å². The quantitative estimate of drug-likeness (QED) is 0.847. The van der Waals surface area contributed by atoms with E-state index in [1.165, 1.54) is 12.1 Å². The Hall–Kier alpha value is -2.18. The topological polar surface area (TPSA) is 89.3 Å². The molecule has 0 radical (unpaired) electrons. The number of aryl methyl sites for hydroxylation is 1. The van der Waals surface area contributed by atoms with E-state index in [1.807, 2.05) is 30.3 Å². The summed E-state index contributed by atoms with van der Waals surface area (Å²) in [6, 6.07) is 15.9. The molecule has 2 aromatic carbocycles. The number of nitrogens with one attached hydrogen (secondary N) is 1. The van der Waals surface area contributed by atoms with Crippen LogP contribution in [0.5, 0.6) is 0 Å². The van der Waals surface area contributed by atoms with Crippen molar-refractivity contribution in [1.82, 2.24) is 5.32 Å². The molecule has 3 N–H and O–H groups in total. The highest BCUT2D eigenvalue weighted by molar-refractivity contribution is 7.89. The minimum atomic E-state index is -3.67. The van der Waals surface area contributed by atoms with E-state index in [1.54, 1.807) is 12.1 Å². The Morgan fingerprint density at radius 1 is 0.955 bits per heavy atom. The number of primary sulfonamides is 1. The molecule has 0 saturated heterocycles. The smallest absolute Gasteiger partial charge is 0.238 e. The van der Waals surface area contributed by atoms with E-state index in [9.17, 15) is 13.2 Å². The van der Waals surface area contributed by atoms with Gasteiger partial charge in [-0.15, -0.1) is 0 Å². The number of rotatable bonds is 6. The van der Waals surface area contributed by atoms with Crippen molar-refractivity contribution in [3.63, 3.8) is 0 Å². The first kappa shape index (κ1) is 16.2. The molecule has 5 nitrogen and oxygen atoms in total. The average Bonchev–Trinajstić information content (AvgIpc) is 2.51. The SMILES string of the molecule is NS(=O)(=O)c1ccc(CCC(=O)NCc2ccccc2)cc1. The maximum atomic E-state index is 11.8. The van der Waals surface area contributed by atoms with Crippen molar-refractivity contribution < 1.29 is 13.2 Å². The van der Waals surface area contributed by atoms with Gasteiger partial charge in [0.2, 0.25) is 15.9 Å². The molecule has 0 aromatic heterocycles. The molecule has 0 bridgehead atoms. The summed E-state index contributed by atoms with van der Waals surface area (Å²) in [5, 5.41) is 7.88. The van der Waals surface area contributed by atoms with E-state index in [0.29, 0.717) is 19.4 Å². The normalized spacial score (nSPS) is 11.1. The zero-order valence-electron chi connectivity index (χ0n) is 12.0. The zero-order valence-corrected chi connectivity index (χ0v) is 12.8. The number of hydrogen-bond acceptors (Lipinski definition) is 3. The summed E-state index contributed by atoms with van der Waals surface area (Å²) in [5.41, 5.74) is 1.94. The second-order valence-electron chi connectivity index (χ2n) is 4.95. The van der Waals surface area contributed by atoms with Crippen molar-refractivity contribution >= 4 is 15.9 Å². The van der Waals surface area contributed by atoms with Crippen LogP contribution < -0.4 is 10.5 Å². The Morgan fingerprint density at radius 2 is 1.59 bits per heavy atom. The van der Waals surface area contributed by atoms with Gasteiger partial charge < -0.3 is 5.32 Å². The molecule has 116 valence electrons. The maximum Gasteiger partial charge on any atom is 0.238 e. The Bertz CT molecular complexity index is 726. The van der Waals surface area contributed by atoms with Gasteiger partial charge in [0.15, 0.2) is 0 Å². The predicted molar refractivity (Wildman–Crippen MR) is 84.4 cm³/mol. The molecule has 0 saturated carbocycles. The maximum absolute atomic E-state index is 11.8. The first-order valence-electron chi connectivity index (χ1n) is 6.87. The highest BCUT2D eigenvalue weighted by Gasteiger charge is 2.07. The lowest BCUT2D eigenvalue weighted by Gasteiger charge is -2.06. The molecule has 0 heterocycles. The fourth-order valence-electron chi connectivity index (χ4n) is 1.99. The van der Waals surface area contributed by atoms with Crippen LogP contribution in [0.1, 0.15) is 17.5 Å². The summed E-state index contributed by atoms with van der Waals surface area (Å²) in [7, 11) is -3.67. The van der Waals surface area contributed by atoms with Crippen molar-refractivity contribution in [2.75, 3.05) is 0 Å². The third kappa shape index (κ3) is 4.98. The lowest BCUT2D eigenvalue weighted by atomic mass is 10.1. The van der Waals surface area contributed by atoms with Crippen LogP contribution >= 0.6 is 0 Å². The summed E-state index contributed by atoms with van der Waals surface area (Å²) >= 11 is 0. The van der Waals surface area contributed by atoms with E-state index in [0.717, 1.165) is 11.1 Å². The van der Waals surface area contributed by atoms with Crippen molar-refractivity contribution in [1.29, 1.82) is 0 Å². The first-order valence-corrected chi connectivity index (χ1v) is 8.42. The van der Waals surface area contributed by atoms with Crippen molar-refractivity contribution in [3.8, 4) is 0 Å². The number of benzene rings is 2. The minimum absolute atomic E-state index is 0.0422. The highest BCUT2D eigenvalue weighted by Crippen LogP contribution is 2.10. The molecule has 0 aliphatic carbocycles. The molecule has 0 spiro atoms. The Kier molecular flexibility index (Phi) is 5.30. The monoisotopic (exact) mass is 318 g/mol. The molecule has 0 aliphatic heterocycles. The van der Waals surface area contributed by atoms with Crippen LogP contribution in [0.3, 0.4) is 0 Å². The summed E-state index contributed by atoms with van der Waals surface area (Å²) < 4.78 is 22.3. The molecule has 0 aliphatic rings. The van der Waals surface area contributed by atoms with E-state index in [2.05, 4.69) is 5.32 Å². The van der Waals surface area contributed by atoms with Gasteiger partial charge in [0.25, 0.3) is 0 Å². The van der Waals surface area contributed by atoms with Gasteiger partial charge >= 0.3 is 0 Å². The number of sulfonamides is 1. The lowest BCUT2D eigenvalue weighted by molar-refractivity contribution is -0.121. The van der Waals surface area contributed by atoms with Gasteiger partial charge in [-0.05, 0) is 29.7 Å². The molecular weight excluding hydrogens is 300 g/mol. The number of carbonyl (C=O) groups excluding carboxylic acids is 1. The Balaban J connectivity index is 1.81. The number of amides is 1. The largest absolute Gasteiger partial charge is 0.352 e. The molecule has 6 heteroatoms. The lowest BCUT2D eigenvalue weighted by Crippen LogP contribution is -2.22. The van der Waals surface area contributed by atoms with Gasteiger partial charge in [0.05, 0.1) is 4.90 Å². The van der Waals surface area contributed by atoms with Crippen LogP contribution in [-0.2, 0) is 27.8 Å². The van der Waals surface area contributed by atoms with Crippen LogP contribution in [0, 0.1) is 0 Å². The van der Waals surface area contributed by atoms with Gasteiger partial charge in [0.1, 0.15) is 0 Å². The van der Waals surface area contributed by atoms with Crippen LogP contribution in [0.2, 0.25) is 0 Å². The average molecular weight is 318 g/mol. The number of nitrogens with two attached hydrogens (primary N) is 1. The molecule has 2 aromatic rings. The predicted octanol–water partition coefficient (Wildman–Crippen LogP) is 1.58. The Morgan fingerprint density at radius 3 is 2.18 bits per heavy atom. The fraction of sp³-hybridized carbons (Fsp3) is 0.188. The summed E-state index contributed by atoms with van der Waals surface area (Å²) in [6.45, 7) is 0.504. The highest BCUT2D eigenvalue weighted by atomic mass is 32.2. The summed E-state index contributed by atoms with van der Waals surface area (Å²) in [5.74, 6) is -0.0422. The van der Waals surface area contributed by atoms with Crippen molar-refractivity contribution in [2.45, 2.75) is 24.3 Å². The molecule has 22 heavy (non-hydrogen) atoms. The molecule has 0 unspecified atom stereocenters. The summed E-state index contributed by atoms with van der Waals surface area (Å²) in [4.78, 5) is 11.9. The van der Waals surface area contributed by atoms with Crippen molar-refractivity contribution in [3.05, 3.63) is 65.7 Å². The van der Waals surface area contributed by atoms with Crippen molar-refractivity contribution in [2.24, 2.45) is 5.14 Å². The zero-order chi connectivity index (χ0) is 16.0. The van der Waals surface area contributed by atoms with Gasteiger partial charge in [-0.3, -0.25) is 4.79 Å². The van der Waals surface area contributed by atoms with Gasteiger partial charge in [-0.25, -0.2) is 13.6 Å². The van der Waals surface area contributed by atoms with Gasteiger partial charge in [0, 0.05) is 13.0 Å². The van der Waals surface area contributed by atoms with E-state index >= 15 is 0 Å². The molecule has 0 atom stereocenters. The molecule has 1 amide bonds. The van der Waals surface area contributed by atoms with Crippen LogP contribution in [-0.4, -0.2) is 14.3 Å². The third-order valence-electron chi connectivity index (χ3n) is 3.23. The van der Waals surface area contributed by atoms with Crippen LogP contribution in [0.4, 0.5) is 0 Å². The molecular formula is C16H18N2O3S. The molecule has 0 fully saturated rings. The Labute approximate surface area is 130 Å². The van der Waals surface area contributed by atoms with Crippen LogP contribution in [0.15, 0.2) is 59.5 Å². The second-order valence-corrected chi connectivity index (χ2v) is 6.51. The third-order valence-corrected chi connectivity index (χ3v) is 4.15. The number of hydrogen-bond donors (Lipinski definition) is 2. The standard InChI is InChI=1S/C16H18N2O3S/c17-22(20,21)15-9-6-13(7-10-15)8-11-16(19)18-12-14-4-2-1-3-5-14/h1-7,9-10H,8,11-12H2,(H,18,19)(H2,17,20,21). The van der Waals surface area contributed by atoms with Gasteiger partial charge in [-0.1, -0.05) is 42.5 Å². The fourth-order valence-corrected chi connectivity index (χ4v) is 2.50. The van der Waals surface area contributed by atoms with Gasteiger partial charge in [-0.2, -0.15) is 0 Å². The summed E-state index contributed by atoms with van der Waals surface area (Å²) in [6.07, 6.45) is 0.896. The van der Waals surface area contributed by atoms with Crippen LogP contribution in [0.25, 0.3) is 0 Å². The minimum Gasteiger partial charge on any atom is -0.352 e. The van der Waals surface area contributed by atoms with E-state index in [-0.39, 0.29) is 10.8 Å². The first-order chi connectivity index (χ1) is 10.4. The second kappa shape index (κ2) is 7.20. The number of carbonyl (C=O) groups is 1. The van der Waals surface area contributed by atoms with E-state index in [4.69, 9.17) is 5.14 Å². The molecule has 2 rings (SSSR count).